The quantitative estimate of drug-likeness (QED) is 0.757. The Labute approximate surface area is 97.5 Å². The first-order chi connectivity index (χ1) is 7.70. The summed E-state index contributed by atoms with van der Waals surface area (Å²) in [5, 5.41) is 9.02. The first-order valence-electron chi connectivity index (χ1n) is 5.90. The van der Waals surface area contributed by atoms with Crippen molar-refractivity contribution in [3.05, 3.63) is 34.9 Å². The van der Waals surface area contributed by atoms with E-state index in [9.17, 15) is 0 Å². The number of hydrogen-bond acceptors (Lipinski definition) is 2. The molecule has 0 spiro atoms. The van der Waals surface area contributed by atoms with Crippen LogP contribution in [0.2, 0.25) is 0 Å². The molecule has 1 aromatic carbocycles. The molecule has 0 amide bonds. The molecule has 16 heavy (non-hydrogen) atoms. The molecule has 1 unspecified atom stereocenters. The molecular weight excluding hydrogens is 196 g/mol. The second kappa shape index (κ2) is 4.67. The Balaban J connectivity index is 2.09. The van der Waals surface area contributed by atoms with Gasteiger partial charge in [-0.1, -0.05) is 18.2 Å². The Bertz CT molecular complexity index is 417. The summed E-state index contributed by atoms with van der Waals surface area (Å²) in [6.45, 7) is 6.25. The van der Waals surface area contributed by atoms with E-state index in [0.29, 0.717) is 0 Å². The lowest BCUT2D eigenvalue weighted by atomic mass is 10.1. The monoisotopic (exact) mass is 214 g/mol. The van der Waals surface area contributed by atoms with Crippen LogP contribution in [0.15, 0.2) is 18.2 Å². The third kappa shape index (κ3) is 2.25. The van der Waals surface area contributed by atoms with Crippen molar-refractivity contribution >= 4 is 0 Å². The summed E-state index contributed by atoms with van der Waals surface area (Å²) in [7, 11) is 0. The van der Waals surface area contributed by atoms with Crippen molar-refractivity contribution in [3.8, 4) is 6.07 Å². The van der Waals surface area contributed by atoms with E-state index in [4.69, 9.17) is 5.26 Å². The fraction of sp³-hybridized carbons (Fsp3) is 0.500. The van der Waals surface area contributed by atoms with Crippen molar-refractivity contribution in [3.63, 3.8) is 0 Å². The third-order valence-electron chi connectivity index (χ3n) is 3.47. The van der Waals surface area contributed by atoms with Gasteiger partial charge < -0.3 is 0 Å². The van der Waals surface area contributed by atoms with Gasteiger partial charge >= 0.3 is 0 Å². The van der Waals surface area contributed by atoms with E-state index in [1.807, 2.05) is 0 Å². The maximum Gasteiger partial charge on any atom is 0.0981 e. The third-order valence-corrected chi connectivity index (χ3v) is 3.47. The zero-order chi connectivity index (χ0) is 11.5. The summed E-state index contributed by atoms with van der Waals surface area (Å²) in [4.78, 5) is 2.28. The van der Waals surface area contributed by atoms with Crippen LogP contribution in [-0.4, -0.2) is 17.5 Å². The molecule has 2 heteroatoms. The van der Waals surface area contributed by atoms with Crippen LogP contribution in [0, 0.1) is 25.2 Å². The highest BCUT2D eigenvalue weighted by atomic mass is 15.2. The number of hydrogen-bond donors (Lipinski definition) is 0. The summed E-state index contributed by atoms with van der Waals surface area (Å²) in [6, 6.07) is 9.10. The van der Waals surface area contributed by atoms with Gasteiger partial charge in [-0.2, -0.15) is 5.26 Å². The number of benzene rings is 1. The van der Waals surface area contributed by atoms with Gasteiger partial charge in [0.05, 0.1) is 12.1 Å². The maximum atomic E-state index is 9.02. The van der Waals surface area contributed by atoms with Crippen LogP contribution < -0.4 is 0 Å². The number of aryl methyl sites for hydroxylation is 2. The lowest BCUT2D eigenvalue weighted by Crippen LogP contribution is -2.27. The van der Waals surface area contributed by atoms with E-state index >= 15 is 0 Å². The van der Waals surface area contributed by atoms with E-state index in [-0.39, 0.29) is 6.04 Å². The van der Waals surface area contributed by atoms with Crippen molar-refractivity contribution in [1.29, 1.82) is 5.26 Å². The second-order valence-corrected chi connectivity index (χ2v) is 4.68. The maximum absolute atomic E-state index is 9.02. The molecule has 84 valence electrons. The standard InChI is InChI=1S/C14H18N2/c1-11-5-6-13(8-12(11)2)10-16-7-3-4-14(16)9-15/h5-6,8,14H,3-4,7,10H2,1-2H3. The molecule has 1 fully saturated rings. The van der Waals surface area contributed by atoms with Gasteiger partial charge in [0.25, 0.3) is 0 Å². The fourth-order valence-electron chi connectivity index (χ4n) is 2.30. The molecule has 1 aliphatic heterocycles. The van der Waals surface area contributed by atoms with Gasteiger partial charge in [0.1, 0.15) is 0 Å². The average molecular weight is 214 g/mol. The SMILES string of the molecule is Cc1ccc(CN2CCCC2C#N)cc1C. The largest absolute Gasteiger partial charge is 0.284 e. The number of nitrogens with zero attached hydrogens (tertiary/aromatic N) is 2. The van der Waals surface area contributed by atoms with E-state index in [0.717, 1.165) is 25.9 Å². The van der Waals surface area contributed by atoms with Crippen LogP contribution in [0.3, 0.4) is 0 Å². The zero-order valence-corrected chi connectivity index (χ0v) is 10.0. The molecular formula is C14H18N2. The molecule has 1 aromatic rings. The minimum Gasteiger partial charge on any atom is -0.284 e. The van der Waals surface area contributed by atoms with Gasteiger partial charge in [-0.15, -0.1) is 0 Å². The van der Waals surface area contributed by atoms with Crippen molar-refractivity contribution < 1.29 is 0 Å². The summed E-state index contributed by atoms with van der Waals surface area (Å²) >= 11 is 0. The minimum absolute atomic E-state index is 0.126. The lowest BCUT2D eigenvalue weighted by Gasteiger charge is -2.19. The summed E-state index contributed by atoms with van der Waals surface area (Å²) in [5.74, 6) is 0. The Hall–Kier alpha value is -1.33. The molecule has 0 bridgehead atoms. The van der Waals surface area contributed by atoms with Gasteiger partial charge in [0.15, 0.2) is 0 Å². The molecule has 0 saturated carbocycles. The summed E-state index contributed by atoms with van der Waals surface area (Å²) in [6.07, 6.45) is 2.18. The Morgan fingerprint density at radius 3 is 2.88 bits per heavy atom. The lowest BCUT2D eigenvalue weighted by molar-refractivity contribution is 0.286. The normalized spacial score (nSPS) is 20.9. The second-order valence-electron chi connectivity index (χ2n) is 4.68. The fourth-order valence-corrected chi connectivity index (χ4v) is 2.30. The molecule has 0 aromatic heterocycles. The molecule has 1 heterocycles. The van der Waals surface area contributed by atoms with Crippen LogP contribution in [-0.2, 0) is 6.54 Å². The van der Waals surface area contributed by atoms with E-state index in [1.165, 1.54) is 16.7 Å². The van der Waals surface area contributed by atoms with Crippen LogP contribution in [0.4, 0.5) is 0 Å². The van der Waals surface area contributed by atoms with Crippen LogP contribution in [0.25, 0.3) is 0 Å². The molecule has 1 atom stereocenters. The number of nitriles is 1. The first-order valence-corrected chi connectivity index (χ1v) is 5.90. The van der Waals surface area contributed by atoms with Gasteiger partial charge in [-0.25, -0.2) is 0 Å². The smallest absolute Gasteiger partial charge is 0.0981 e. The minimum atomic E-state index is 0.126. The molecule has 1 aliphatic rings. The molecule has 2 nitrogen and oxygen atoms in total. The summed E-state index contributed by atoms with van der Waals surface area (Å²) in [5.41, 5.74) is 4.00. The number of rotatable bonds is 2. The predicted molar refractivity (Wildman–Crippen MR) is 65.0 cm³/mol. The Morgan fingerprint density at radius 1 is 1.38 bits per heavy atom. The molecule has 1 saturated heterocycles. The van der Waals surface area contributed by atoms with E-state index in [2.05, 4.69) is 43.0 Å². The molecule has 0 N–H and O–H groups in total. The van der Waals surface area contributed by atoms with Crippen molar-refractivity contribution in [2.24, 2.45) is 0 Å². The predicted octanol–water partition coefficient (Wildman–Crippen LogP) is 2.79. The first kappa shape index (κ1) is 11.2. The molecule has 2 rings (SSSR count). The Kier molecular flexibility index (Phi) is 3.26. The van der Waals surface area contributed by atoms with Crippen molar-refractivity contribution in [2.75, 3.05) is 6.54 Å². The average Bonchev–Trinajstić information content (AvgIpc) is 2.71. The highest BCUT2D eigenvalue weighted by Crippen LogP contribution is 2.20. The van der Waals surface area contributed by atoms with Gasteiger partial charge in [-0.3, -0.25) is 4.90 Å². The highest BCUT2D eigenvalue weighted by Gasteiger charge is 2.23. The van der Waals surface area contributed by atoms with Crippen LogP contribution >= 0.6 is 0 Å². The van der Waals surface area contributed by atoms with Crippen molar-refractivity contribution in [2.45, 2.75) is 39.3 Å². The van der Waals surface area contributed by atoms with Gasteiger partial charge in [-0.05, 0) is 49.9 Å². The van der Waals surface area contributed by atoms with Crippen LogP contribution in [0.1, 0.15) is 29.5 Å². The zero-order valence-electron chi connectivity index (χ0n) is 10.0. The highest BCUT2D eigenvalue weighted by molar-refractivity contribution is 5.30. The van der Waals surface area contributed by atoms with Crippen molar-refractivity contribution in [1.82, 2.24) is 4.90 Å². The van der Waals surface area contributed by atoms with Crippen LogP contribution in [0.5, 0.6) is 0 Å². The summed E-state index contributed by atoms with van der Waals surface area (Å²) < 4.78 is 0. The Morgan fingerprint density at radius 2 is 2.19 bits per heavy atom. The molecule has 0 aliphatic carbocycles. The van der Waals surface area contributed by atoms with Gasteiger partial charge in [0, 0.05) is 6.54 Å². The molecule has 0 radical (unpaired) electrons. The topological polar surface area (TPSA) is 27.0 Å². The van der Waals surface area contributed by atoms with E-state index in [1.54, 1.807) is 0 Å². The van der Waals surface area contributed by atoms with Gasteiger partial charge in [0.2, 0.25) is 0 Å². The van der Waals surface area contributed by atoms with E-state index < -0.39 is 0 Å². The number of likely N-dealkylation sites (tertiary alicyclic amines) is 1.